The minimum Gasteiger partial charge on any atom is -0.343 e. The van der Waals surface area contributed by atoms with Crippen LogP contribution in [-0.2, 0) is 4.79 Å². The van der Waals surface area contributed by atoms with E-state index in [2.05, 4.69) is 13.8 Å². The molecule has 0 radical (unpaired) electrons. The van der Waals surface area contributed by atoms with Crippen molar-refractivity contribution in [3.05, 3.63) is 0 Å². The Balaban J connectivity index is 3.18. The molecular formula is C16H33NO. The first-order chi connectivity index (χ1) is 8.72. The first-order valence-electron chi connectivity index (χ1n) is 7.97. The lowest BCUT2D eigenvalue weighted by molar-refractivity contribution is -0.128. The maximum atomic E-state index is 11.2. The zero-order valence-corrected chi connectivity index (χ0v) is 12.8. The van der Waals surface area contributed by atoms with Crippen molar-refractivity contribution in [3.8, 4) is 0 Å². The topological polar surface area (TPSA) is 20.3 Å². The van der Waals surface area contributed by atoms with Crippen LogP contribution in [0.15, 0.2) is 0 Å². The first kappa shape index (κ1) is 17.5. The molecule has 0 atom stereocenters. The fraction of sp³-hybridized carbons (Fsp3) is 0.938. The fourth-order valence-corrected chi connectivity index (χ4v) is 2.33. The van der Waals surface area contributed by atoms with Gasteiger partial charge in [0, 0.05) is 20.0 Å². The zero-order valence-electron chi connectivity index (χ0n) is 12.8. The van der Waals surface area contributed by atoms with E-state index in [0.717, 1.165) is 13.1 Å². The summed E-state index contributed by atoms with van der Waals surface area (Å²) in [6.07, 6.45) is 13.5. The second-order valence-electron chi connectivity index (χ2n) is 5.28. The van der Waals surface area contributed by atoms with Gasteiger partial charge in [0.25, 0.3) is 0 Å². The van der Waals surface area contributed by atoms with Crippen LogP contribution in [0.4, 0.5) is 0 Å². The van der Waals surface area contributed by atoms with Crippen molar-refractivity contribution in [2.45, 2.75) is 85.0 Å². The summed E-state index contributed by atoms with van der Waals surface area (Å²) in [6.45, 7) is 7.78. The number of hydrogen-bond acceptors (Lipinski definition) is 1. The number of unbranched alkanes of at least 4 members (excludes halogenated alkanes) is 9. The van der Waals surface area contributed by atoms with E-state index in [0.29, 0.717) is 0 Å². The highest BCUT2D eigenvalue weighted by molar-refractivity contribution is 5.73. The summed E-state index contributed by atoms with van der Waals surface area (Å²) in [6, 6.07) is 0. The highest BCUT2D eigenvalue weighted by Gasteiger charge is 2.04. The summed E-state index contributed by atoms with van der Waals surface area (Å²) < 4.78 is 0. The van der Waals surface area contributed by atoms with E-state index in [1.165, 1.54) is 64.2 Å². The van der Waals surface area contributed by atoms with Gasteiger partial charge >= 0.3 is 0 Å². The third-order valence-electron chi connectivity index (χ3n) is 3.61. The summed E-state index contributed by atoms with van der Waals surface area (Å²) in [5.41, 5.74) is 0. The summed E-state index contributed by atoms with van der Waals surface area (Å²) in [5, 5.41) is 0. The maximum absolute atomic E-state index is 11.2. The lowest BCUT2D eigenvalue weighted by Gasteiger charge is -2.18. The van der Waals surface area contributed by atoms with Crippen LogP contribution in [0.5, 0.6) is 0 Å². The van der Waals surface area contributed by atoms with Crippen molar-refractivity contribution >= 4 is 5.91 Å². The van der Waals surface area contributed by atoms with Crippen molar-refractivity contribution in [2.24, 2.45) is 0 Å². The molecule has 0 heterocycles. The van der Waals surface area contributed by atoms with Crippen molar-refractivity contribution in [1.82, 2.24) is 4.90 Å². The SMILES string of the molecule is CCCCCCCCCCCCN(CC)C(C)=O. The second kappa shape index (κ2) is 12.9. The molecule has 0 unspecified atom stereocenters. The van der Waals surface area contributed by atoms with Crippen LogP contribution in [0.25, 0.3) is 0 Å². The smallest absolute Gasteiger partial charge is 0.219 e. The first-order valence-corrected chi connectivity index (χ1v) is 7.97. The third-order valence-corrected chi connectivity index (χ3v) is 3.61. The van der Waals surface area contributed by atoms with Gasteiger partial charge in [-0.3, -0.25) is 4.79 Å². The molecule has 0 aliphatic carbocycles. The molecule has 2 nitrogen and oxygen atoms in total. The van der Waals surface area contributed by atoms with Crippen LogP contribution in [0.2, 0.25) is 0 Å². The molecule has 0 saturated carbocycles. The van der Waals surface area contributed by atoms with E-state index in [4.69, 9.17) is 0 Å². The van der Waals surface area contributed by atoms with Gasteiger partial charge in [-0.15, -0.1) is 0 Å². The Labute approximate surface area is 114 Å². The van der Waals surface area contributed by atoms with Crippen LogP contribution < -0.4 is 0 Å². The number of amides is 1. The standard InChI is InChI=1S/C16H33NO/c1-4-6-7-8-9-10-11-12-13-14-15-17(5-2)16(3)18/h4-15H2,1-3H3. The normalized spacial score (nSPS) is 10.6. The molecule has 0 aromatic heterocycles. The molecule has 0 fully saturated rings. The van der Waals surface area contributed by atoms with E-state index < -0.39 is 0 Å². The lowest BCUT2D eigenvalue weighted by atomic mass is 10.1. The van der Waals surface area contributed by atoms with Crippen molar-refractivity contribution in [3.63, 3.8) is 0 Å². The van der Waals surface area contributed by atoms with Gasteiger partial charge in [-0.1, -0.05) is 64.7 Å². The molecule has 108 valence electrons. The van der Waals surface area contributed by atoms with Gasteiger partial charge < -0.3 is 4.90 Å². The van der Waals surface area contributed by atoms with Crippen molar-refractivity contribution in [2.75, 3.05) is 13.1 Å². The van der Waals surface area contributed by atoms with Gasteiger partial charge in [-0.2, -0.15) is 0 Å². The molecular weight excluding hydrogens is 222 g/mol. The van der Waals surface area contributed by atoms with Gasteiger partial charge in [0.05, 0.1) is 0 Å². The molecule has 0 aromatic rings. The van der Waals surface area contributed by atoms with E-state index in [1.807, 2.05) is 4.90 Å². The van der Waals surface area contributed by atoms with E-state index >= 15 is 0 Å². The molecule has 0 saturated heterocycles. The number of carbonyl (C=O) groups is 1. The minimum atomic E-state index is 0.216. The van der Waals surface area contributed by atoms with Gasteiger partial charge in [0.1, 0.15) is 0 Å². The molecule has 0 aliphatic heterocycles. The third kappa shape index (κ3) is 10.6. The second-order valence-corrected chi connectivity index (χ2v) is 5.28. The van der Waals surface area contributed by atoms with Gasteiger partial charge in [0.2, 0.25) is 5.91 Å². The quantitative estimate of drug-likeness (QED) is 0.460. The van der Waals surface area contributed by atoms with Gasteiger partial charge in [-0.25, -0.2) is 0 Å². The lowest BCUT2D eigenvalue weighted by Crippen LogP contribution is -2.29. The van der Waals surface area contributed by atoms with Crippen LogP contribution >= 0.6 is 0 Å². The highest BCUT2D eigenvalue weighted by Crippen LogP contribution is 2.10. The monoisotopic (exact) mass is 255 g/mol. The Morgan fingerprint density at radius 2 is 1.22 bits per heavy atom. The summed E-state index contributed by atoms with van der Waals surface area (Å²) in [7, 11) is 0. The fourth-order valence-electron chi connectivity index (χ4n) is 2.33. The van der Waals surface area contributed by atoms with Crippen LogP contribution in [-0.4, -0.2) is 23.9 Å². The summed E-state index contributed by atoms with van der Waals surface area (Å²) in [4.78, 5) is 13.1. The molecule has 18 heavy (non-hydrogen) atoms. The predicted molar refractivity (Wildman–Crippen MR) is 79.8 cm³/mol. The van der Waals surface area contributed by atoms with E-state index in [1.54, 1.807) is 6.92 Å². The van der Waals surface area contributed by atoms with Gasteiger partial charge in [-0.05, 0) is 13.3 Å². The Morgan fingerprint density at radius 1 is 0.778 bits per heavy atom. The van der Waals surface area contributed by atoms with Crippen LogP contribution in [0, 0.1) is 0 Å². The molecule has 0 bridgehead atoms. The van der Waals surface area contributed by atoms with Gasteiger partial charge in [0.15, 0.2) is 0 Å². The Bertz CT molecular complexity index is 192. The molecule has 0 spiro atoms. The number of nitrogens with zero attached hydrogens (tertiary/aromatic N) is 1. The Hall–Kier alpha value is -0.530. The maximum Gasteiger partial charge on any atom is 0.219 e. The average molecular weight is 255 g/mol. The number of carbonyl (C=O) groups excluding carboxylic acids is 1. The number of rotatable bonds is 12. The molecule has 1 amide bonds. The molecule has 0 aromatic carbocycles. The average Bonchev–Trinajstić information content (AvgIpc) is 2.35. The van der Waals surface area contributed by atoms with E-state index in [-0.39, 0.29) is 5.91 Å². The summed E-state index contributed by atoms with van der Waals surface area (Å²) >= 11 is 0. The summed E-state index contributed by atoms with van der Waals surface area (Å²) in [5.74, 6) is 0.216. The molecule has 0 aliphatic rings. The predicted octanol–water partition coefficient (Wildman–Crippen LogP) is 4.78. The zero-order chi connectivity index (χ0) is 13.6. The largest absolute Gasteiger partial charge is 0.343 e. The molecule has 2 heteroatoms. The molecule has 0 rings (SSSR count). The van der Waals surface area contributed by atoms with Crippen molar-refractivity contribution in [1.29, 1.82) is 0 Å². The highest BCUT2D eigenvalue weighted by atomic mass is 16.2. The number of hydrogen-bond donors (Lipinski definition) is 0. The van der Waals surface area contributed by atoms with Crippen molar-refractivity contribution < 1.29 is 4.79 Å². The Kier molecular flexibility index (Phi) is 12.5. The minimum absolute atomic E-state index is 0.216. The van der Waals surface area contributed by atoms with Crippen LogP contribution in [0.1, 0.15) is 85.0 Å². The molecule has 0 N–H and O–H groups in total. The van der Waals surface area contributed by atoms with Crippen LogP contribution in [0.3, 0.4) is 0 Å². The van der Waals surface area contributed by atoms with E-state index in [9.17, 15) is 4.79 Å². The Morgan fingerprint density at radius 3 is 1.61 bits per heavy atom.